The van der Waals surface area contributed by atoms with Gasteiger partial charge in [-0.3, -0.25) is 24.8 Å². The van der Waals surface area contributed by atoms with Crippen molar-refractivity contribution in [2.24, 2.45) is 0 Å². The largest absolute Gasteiger partial charge is 0.378 e. The summed E-state index contributed by atoms with van der Waals surface area (Å²) >= 11 is 0. The van der Waals surface area contributed by atoms with E-state index in [2.05, 4.69) is 36.4 Å². The summed E-state index contributed by atoms with van der Waals surface area (Å²) in [5, 5.41) is 6.61. The molecule has 36 heavy (non-hydrogen) atoms. The van der Waals surface area contributed by atoms with Gasteiger partial charge in [0.25, 0.3) is 0 Å². The second-order valence-corrected chi connectivity index (χ2v) is 11.3. The van der Waals surface area contributed by atoms with Crippen molar-refractivity contribution in [2.75, 3.05) is 24.7 Å². The maximum Gasteiger partial charge on any atom is 0.250 e. The lowest BCUT2D eigenvalue weighted by Gasteiger charge is -2.41. The number of ether oxygens (including phenoxy) is 1. The summed E-state index contributed by atoms with van der Waals surface area (Å²) in [4.78, 5) is 34.2. The fraction of sp³-hybridized carbons (Fsp3) is 0.552. The molecule has 0 spiro atoms. The smallest absolute Gasteiger partial charge is 0.250 e. The molecule has 2 amide bonds. The van der Waals surface area contributed by atoms with Crippen molar-refractivity contribution in [3.8, 4) is 0 Å². The highest BCUT2D eigenvalue weighted by Crippen LogP contribution is 2.33. The minimum Gasteiger partial charge on any atom is -0.378 e. The molecule has 0 bridgehead atoms. The second-order valence-electron chi connectivity index (χ2n) is 11.3. The van der Waals surface area contributed by atoms with E-state index in [-0.39, 0.29) is 29.9 Å². The minimum absolute atomic E-state index is 0.0285. The van der Waals surface area contributed by atoms with E-state index in [1.807, 2.05) is 43.3 Å². The van der Waals surface area contributed by atoms with Crippen molar-refractivity contribution in [3.63, 3.8) is 0 Å². The van der Waals surface area contributed by atoms with Gasteiger partial charge < -0.3 is 10.1 Å². The number of aromatic nitrogens is 1. The molecule has 2 N–H and O–H groups in total. The van der Waals surface area contributed by atoms with Gasteiger partial charge in [0.05, 0.1) is 13.2 Å². The van der Waals surface area contributed by atoms with Crippen LogP contribution in [0, 0.1) is 0 Å². The van der Waals surface area contributed by atoms with E-state index in [9.17, 15) is 9.59 Å². The van der Waals surface area contributed by atoms with Crippen molar-refractivity contribution < 1.29 is 14.3 Å². The van der Waals surface area contributed by atoms with E-state index >= 15 is 0 Å². The van der Waals surface area contributed by atoms with Crippen LogP contribution in [0.25, 0.3) is 0 Å². The quantitative estimate of drug-likeness (QED) is 0.629. The summed E-state index contributed by atoms with van der Waals surface area (Å²) in [6, 6.07) is 10.9. The maximum absolute atomic E-state index is 14.3. The average Bonchev–Trinajstić information content (AvgIpc) is 2.88. The molecule has 194 valence electrons. The van der Waals surface area contributed by atoms with E-state index in [4.69, 9.17) is 4.74 Å². The van der Waals surface area contributed by atoms with Gasteiger partial charge in [-0.1, -0.05) is 58.2 Å². The molecule has 0 radical (unpaired) electrons. The molecule has 1 unspecified atom stereocenters. The van der Waals surface area contributed by atoms with Gasteiger partial charge in [0.2, 0.25) is 11.8 Å². The van der Waals surface area contributed by atoms with Crippen LogP contribution in [0.1, 0.15) is 77.0 Å². The highest BCUT2D eigenvalue weighted by Gasteiger charge is 2.44. The lowest BCUT2D eigenvalue weighted by Crippen LogP contribution is -2.63. The number of nitrogens with zero attached hydrogens (tertiary/aromatic N) is 2. The van der Waals surface area contributed by atoms with Gasteiger partial charge in [0.1, 0.15) is 11.6 Å². The van der Waals surface area contributed by atoms with Crippen LogP contribution in [0.15, 0.2) is 48.8 Å². The van der Waals surface area contributed by atoms with Crippen LogP contribution in [0.3, 0.4) is 0 Å². The van der Waals surface area contributed by atoms with Crippen molar-refractivity contribution in [3.05, 3.63) is 59.9 Å². The molecule has 1 aromatic carbocycles. The topological polar surface area (TPSA) is 83.6 Å². The first-order valence-electron chi connectivity index (χ1n) is 13.2. The number of anilines is 1. The first-order valence-corrected chi connectivity index (χ1v) is 13.2. The minimum atomic E-state index is -0.952. The van der Waals surface area contributed by atoms with E-state index in [0.29, 0.717) is 24.4 Å². The molecule has 4 rings (SSSR count). The Balaban J connectivity index is 1.78. The van der Waals surface area contributed by atoms with E-state index < -0.39 is 11.6 Å². The Bertz CT molecular complexity index is 1020. The molecular weight excluding hydrogens is 452 g/mol. The third-order valence-electron chi connectivity index (χ3n) is 7.31. The molecule has 1 aliphatic carbocycles. The lowest BCUT2D eigenvalue weighted by molar-refractivity contribution is -0.133. The van der Waals surface area contributed by atoms with Gasteiger partial charge in [-0.25, -0.2) is 0 Å². The van der Waals surface area contributed by atoms with Crippen molar-refractivity contribution in [1.29, 1.82) is 0 Å². The zero-order valence-corrected chi connectivity index (χ0v) is 22.0. The number of hydrogen-bond acceptors (Lipinski definition) is 5. The number of carbonyl (C=O) groups excluding carboxylic acids is 2. The van der Waals surface area contributed by atoms with E-state index in [0.717, 1.165) is 31.2 Å². The number of morpholine rings is 1. The average molecular weight is 493 g/mol. The number of rotatable bonds is 6. The van der Waals surface area contributed by atoms with Crippen molar-refractivity contribution in [2.45, 2.75) is 82.8 Å². The monoisotopic (exact) mass is 492 g/mol. The van der Waals surface area contributed by atoms with Gasteiger partial charge in [-0.2, -0.15) is 0 Å². The molecule has 7 nitrogen and oxygen atoms in total. The molecule has 2 aromatic rings. The molecule has 1 saturated heterocycles. The summed E-state index contributed by atoms with van der Waals surface area (Å²) in [5.74, 6) is -0.373. The molecule has 1 saturated carbocycles. The Morgan fingerprint density at radius 1 is 1.14 bits per heavy atom. The third kappa shape index (κ3) is 5.95. The molecule has 2 aliphatic rings. The Kier molecular flexibility index (Phi) is 8.10. The Labute approximate surface area is 215 Å². The van der Waals surface area contributed by atoms with Crippen LogP contribution < -0.4 is 15.5 Å². The zero-order valence-electron chi connectivity index (χ0n) is 22.0. The fourth-order valence-electron chi connectivity index (χ4n) is 5.12. The molecule has 1 aromatic heterocycles. The predicted molar refractivity (Wildman–Crippen MR) is 142 cm³/mol. The zero-order chi connectivity index (χ0) is 25.8. The normalized spacial score (nSPS) is 22.0. The van der Waals surface area contributed by atoms with Crippen molar-refractivity contribution in [1.82, 2.24) is 15.6 Å². The molecule has 2 atom stereocenters. The number of carbonyl (C=O) groups is 2. The van der Waals surface area contributed by atoms with Gasteiger partial charge in [0.15, 0.2) is 0 Å². The van der Waals surface area contributed by atoms with Crippen LogP contribution in [0.2, 0.25) is 0 Å². The van der Waals surface area contributed by atoms with Crippen molar-refractivity contribution >= 4 is 17.5 Å². The first-order chi connectivity index (χ1) is 17.2. The fourth-order valence-corrected chi connectivity index (χ4v) is 5.12. The van der Waals surface area contributed by atoms with E-state index in [1.54, 1.807) is 17.3 Å². The van der Waals surface area contributed by atoms with Crippen LogP contribution in [-0.4, -0.2) is 48.1 Å². The summed E-state index contributed by atoms with van der Waals surface area (Å²) in [5.41, 5.74) is 1.54. The molecule has 2 fully saturated rings. The predicted octanol–water partition coefficient (Wildman–Crippen LogP) is 4.28. The van der Waals surface area contributed by atoms with E-state index in [1.165, 1.54) is 6.42 Å². The molecular formula is C29H40N4O3. The number of benzene rings is 1. The number of hydrogen-bond donors (Lipinski definition) is 2. The third-order valence-corrected chi connectivity index (χ3v) is 7.31. The summed E-state index contributed by atoms with van der Waals surface area (Å²) in [6.45, 7) is 9.70. The molecule has 1 aliphatic heterocycles. The number of pyridine rings is 1. The lowest BCUT2D eigenvalue weighted by atomic mass is 9.87. The van der Waals surface area contributed by atoms with Gasteiger partial charge in [-0.05, 0) is 48.9 Å². The highest BCUT2D eigenvalue weighted by atomic mass is 16.5. The number of nitrogens with one attached hydrogen (secondary N) is 2. The van der Waals surface area contributed by atoms with Gasteiger partial charge in [0, 0.05) is 36.2 Å². The maximum atomic E-state index is 14.3. The number of amides is 2. The summed E-state index contributed by atoms with van der Waals surface area (Å²) in [6.07, 6.45) is 8.72. The summed E-state index contributed by atoms with van der Waals surface area (Å²) < 4.78 is 5.70. The molecule has 7 heteroatoms. The highest BCUT2D eigenvalue weighted by molar-refractivity contribution is 6.05. The van der Waals surface area contributed by atoms with Gasteiger partial charge in [-0.15, -0.1) is 0 Å². The standard InChI is InChI=1S/C29H40N4O3/c1-28(2,3)22-12-14-24(15-13-22)33(27(35)29(4)20-36-18-17-31-29)25(21-9-8-16-30-19-21)26(34)32-23-10-6-5-7-11-23/h8-9,12-16,19,23,25,31H,5-7,10-11,17-18,20H2,1-4H3,(H,32,34)/t25?,29-/m1/s1. The van der Waals surface area contributed by atoms with Crippen LogP contribution in [-0.2, 0) is 19.7 Å². The molecule has 2 heterocycles. The SMILES string of the molecule is CC(C)(C)c1ccc(N(C(=O)[C@@]2(C)COCCN2)C(C(=O)NC2CCCCC2)c2cccnc2)cc1. The Morgan fingerprint density at radius 3 is 2.44 bits per heavy atom. The second kappa shape index (κ2) is 11.1. The van der Waals surface area contributed by atoms with Crippen LogP contribution in [0.5, 0.6) is 0 Å². The Morgan fingerprint density at radius 2 is 1.86 bits per heavy atom. The first kappa shape index (κ1) is 26.3. The van der Waals surface area contributed by atoms with Gasteiger partial charge >= 0.3 is 0 Å². The summed E-state index contributed by atoms with van der Waals surface area (Å²) in [7, 11) is 0. The Hall–Kier alpha value is -2.77. The van der Waals surface area contributed by atoms with Crippen LogP contribution >= 0.6 is 0 Å². The van der Waals surface area contributed by atoms with Crippen LogP contribution in [0.4, 0.5) is 5.69 Å².